The second kappa shape index (κ2) is 22.7. The van der Waals surface area contributed by atoms with Crippen LogP contribution in [0.15, 0.2) is 72.1 Å². The Bertz CT molecular complexity index is 2620. The lowest BCUT2D eigenvalue weighted by atomic mass is 9.74. The monoisotopic (exact) mass is 1020 g/mol. The number of aldehydes is 1. The highest BCUT2D eigenvalue weighted by atomic mass is 16.7. The first-order valence-electron chi connectivity index (χ1n) is 24.2. The number of allylic oxidation sites excluding steroid dienone is 1. The maximum atomic E-state index is 15.1. The number of hydroxylamine groups is 1. The number of nitrogens with two attached hydrogens (primary N) is 1. The molecule has 23 heteroatoms. The number of dihydropyridines is 1. The molecule has 14 N–H and O–H groups in total. The van der Waals surface area contributed by atoms with E-state index in [0.717, 1.165) is 0 Å². The van der Waals surface area contributed by atoms with Crippen LogP contribution in [0.1, 0.15) is 73.7 Å². The van der Waals surface area contributed by atoms with Crippen LogP contribution < -0.4 is 46.9 Å². The molecule has 3 fully saturated rings. The van der Waals surface area contributed by atoms with E-state index in [1.54, 1.807) is 18.2 Å². The van der Waals surface area contributed by atoms with E-state index in [2.05, 4.69) is 21.3 Å². The van der Waals surface area contributed by atoms with E-state index in [-0.39, 0.29) is 103 Å². The number of para-hydroxylation sites is 1. The van der Waals surface area contributed by atoms with Crippen LogP contribution in [0.3, 0.4) is 0 Å². The van der Waals surface area contributed by atoms with Crippen molar-refractivity contribution >= 4 is 29.4 Å². The first-order valence-corrected chi connectivity index (χ1v) is 24.2. The predicted molar refractivity (Wildman–Crippen MR) is 255 cm³/mol. The normalized spacial score (nSPS) is 28.5. The molecular weight excluding hydrogens is 955 g/mol. The zero-order valence-electron chi connectivity index (χ0n) is 39.6. The molecular formula is C50H61N7O16. The van der Waals surface area contributed by atoms with Gasteiger partial charge in [-0.05, 0) is 65.8 Å². The van der Waals surface area contributed by atoms with Gasteiger partial charge in [-0.3, -0.25) is 41.4 Å². The molecule has 1 aliphatic carbocycles. The molecule has 0 aromatic heterocycles. The fraction of sp³-hybridized carbons (Fsp3) is 0.480. The molecule has 0 saturated carbocycles. The number of nitrogens with one attached hydrogen (secondary N) is 5. The maximum Gasteiger partial charge on any atom is 0.242 e. The molecule has 2 bridgehead atoms. The summed E-state index contributed by atoms with van der Waals surface area (Å²) in [7, 11) is 0. The van der Waals surface area contributed by atoms with Crippen LogP contribution in [0.25, 0.3) is 0 Å². The number of amides is 1. The summed E-state index contributed by atoms with van der Waals surface area (Å²) in [6.07, 6.45) is -6.87. The Kier molecular flexibility index (Phi) is 16.2. The number of carbonyl (C=O) groups excluding carboxylic acids is 4. The quantitative estimate of drug-likeness (QED) is 0.0403. The third kappa shape index (κ3) is 10.3. The van der Waals surface area contributed by atoms with Crippen molar-refractivity contribution in [3.05, 3.63) is 111 Å². The molecule has 0 unspecified atom stereocenters. The number of hydrogen-bond donors (Lipinski definition) is 13. The summed E-state index contributed by atoms with van der Waals surface area (Å²) in [6.45, 7) is -1.92. The van der Waals surface area contributed by atoms with Crippen molar-refractivity contribution in [3.63, 3.8) is 0 Å². The second-order valence-electron chi connectivity index (χ2n) is 18.8. The Balaban J connectivity index is 1.27. The van der Waals surface area contributed by atoms with Crippen molar-refractivity contribution in [1.29, 1.82) is 0 Å². The van der Waals surface area contributed by atoms with Gasteiger partial charge in [-0.1, -0.05) is 30.3 Å². The van der Waals surface area contributed by atoms with Crippen LogP contribution in [0.2, 0.25) is 0 Å². The minimum absolute atomic E-state index is 0.0338. The highest BCUT2D eigenvalue weighted by molar-refractivity contribution is 6.29. The number of hydrogen-bond acceptors (Lipinski definition) is 22. The van der Waals surface area contributed by atoms with Gasteiger partial charge in [-0.2, -0.15) is 0 Å². The van der Waals surface area contributed by atoms with Crippen molar-refractivity contribution in [2.24, 2.45) is 17.6 Å². The Labute approximate surface area is 418 Å². The molecule has 73 heavy (non-hydrogen) atoms. The Hall–Kier alpha value is -5.90. The molecule has 3 saturated heterocycles. The number of fused-ring (bicyclic) bond motifs is 6. The number of benzene rings is 3. The van der Waals surface area contributed by atoms with Crippen molar-refractivity contribution in [3.8, 4) is 11.5 Å². The molecule has 0 radical (unpaired) electrons. The van der Waals surface area contributed by atoms with Crippen molar-refractivity contribution in [1.82, 2.24) is 26.7 Å². The van der Waals surface area contributed by atoms with Crippen LogP contribution in [0.4, 0.5) is 5.69 Å². The molecule has 3 aromatic rings. The smallest absolute Gasteiger partial charge is 0.242 e. The lowest BCUT2D eigenvalue weighted by Gasteiger charge is -2.43. The lowest BCUT2D eigenvalue weighted by molar-refractivity contribution is -0.291. The summed E-state index contributed by atoms with van der Waals surface area (Å²) in [5.41, 5.74) is 10.2. The van der Waals surface area contributed by atoms with E-state index in [1.807, 2.05) is 28.6 Å². The van der Waals surface area contributed by atoms with Gasteiger partial charge in [0, 0.05) is 59.3 Å². The van der Waals surface area contributed by atoms with Gasteiger partial charge in [0.15, 0.2) is 23.1 Å². The molecule has 12 atom stereocenters. The van der Waals surface area contributed by atoms with E-state index < -0.39 is 104 Å². The van der Waals surface area contributed by atoms with Gasteiger partial charge in [0.05, 0.1) is 51.4 Å². The number of ether oxygens (including phenoxy) is 5. The second-order valence-corrected chi connectivity index (χ2v) is 18.8. The Morgan fingerprint density at radius 1 is 0.973 bits per heavy atom. The highest BCUT2D eigenvalue weighted by Gasteiger charge is 2.50. The summed E-state index contributed by atoms with van der Waals surface area (Å²) in [6, 6.07) is 12.5. The first-order chi connectivity index (χ1) is 35.4. The first kappa shape index (κ1) is 52.0. The van der Waals surface area contributed by atoms with Crippen LogP contribution in [-0.2, 0) is 30.4 Å². The van der Waals surface area contributed by atoms with Gasteiger partial charge < -0.3 is 74.7 Å². The lowest BCUT2D eigenvalue weighted by Crippen LogP contribution is -2.70. The molecule has 1 amide bonds. The summed E-state index contributed by atoms with van der Waals surface area (Å²) in [5.74, 6) is -4.22. The number of nitrogens with zero attached hydrogens (tertiary/aromatic N) is 1. The average molecular weight is 1020 g/mol. The minimum atomic E-state index is -1.74. The number of aliphatic hydroxyl groups excluding tert-OH is 6. The summed E-state index contributed by atoms with van der Waals surface area (Å²) < 4.78 is 32.8. The van der Waals surface area contributed by atoms with Crippen molar-refractivity contribution in [2.75, 3.05) is 57.8 Å². The fourth-order valence-corrected chi connectivity index (χ4v) is 10.5. The van der Waals surface area contributed by atoms with Gasteiger partial charge in [-0.25, -0.2) is 0 Å². The number of rotatable bonds is 17. The fourth-order valence-electron chi connectivity index (χ4n) is 10.5. The summed E-state index contributed by atoms with van der Waals surface area (Å²) in [4.78, 5) is 57.0. The topological polar surface area (TPSA) is 345 Å². The molecule has 3 aromatic carbocycles. The molecule has 392 valence electrons. The predicted octanol–water partition coefficient (Wildman–Crippen LogP) is -1.97. The molecule has 0 spiro atoms. The van der Waals surface area contributed by atoms with E-state index in [4.69, 9.17) is 29.4 Å². The SMILES string of the molecule is N[C@H]1NC(=O)[C@H]2NCN(c3ccccc3[C@H]3c4cc5c(c(OC[C@H](O)CC=O)c4O[C@H]4O[C@@H](COC[C@@H]3CCCO)[C@H](O)[C@@H](O)[C@@H]4OC[C@H](CO)C3=CCNC(NO)=C3)C(=O)c3cc(CO)ccc3C5=O)[C@@H]2N1. The van der Waals surface area contributed by atoms with Crippen molar-refractivity contribution < 1.29 is 78.7 Å². The van der Waals surface area contributed by atoms with E-state index >= 15 is 9.59 Å². The van der Waals surface area contributed by atoms with Gasteiger partial charge in [-0.15, -0.1) is 0 Å². The van der Waals surface area contributed by atoms with Crippen LogP contribution in [0, 0.1) is 11.8 Å². The molecule has 6 aliphatic rings. The van der Waals surface area contributed by atoms with Crippen molar-refractivity contribution in [2.45, 2.75) is 87.1 Å². The molecule has 23 nitrogen and oxygen atoms in total. The number of aliphatic hydroxyl groups is 6. The maximum absolute atomic E-state index is 15.1. The number of carbonyl (C=O) groups is 4. The van der Waals surface area contributed by atoms with Gasteiger partial charge in [0.2, 0.25) is 12.2 Å². The van der Waals surface area contributed by atoms with Crippen LogP contribution in [-0.4, -0.2) is 168 Å². The number of anilines is 1. The zero-order chi connectivity index (χ0) is 51.5. The summed E-state index contributed by atoms with van der Waals surface area (Å²) in [5, 5.41) is 87.6. The molecule has 9 rings (SSSR count). The van der Waals surface area contributed by atoms with E-state index in [1.165, 1.54) is 24.3 Å². The Morgan fingerprint density at radius 2 is 1.79 bits per heavy atom. The third-order valence-electron chi connectivity index (χ3n) is 14.2. The highest BCUT2D eigenvalue weighted by Crippen LogP contribution is 2.52. The van der Waals surface area contributed by atoms with E-state index in [0.29, 0.717) is 35.2 Å². The van der Waals surface area contributed by atoms with Gasteiger partial charge in [0.25, 0.3) is 0 Å². The van der Waals surface area contributed by atoms with E-state index in [9.17, 15) is 45.4 Å². The minimum Gasteiger partial charge on any atom is -0.486 e. The Morgan fingerprint density at radius 3 is 2.56 bits per heavy atom. The largest absolute Gasteiger partial charge is 0.486 e. The standard InChI is InChI=1S/C50H61N7O16/c51-50-54-47-39(48(67)55-50)53-23-57(47)34-6-2-1-5-30(34)37-26(4-3-12-58)19-69-22-35-42(65)43(66)46(70-20-27(18-61)25-9-11-52-36(15-25)56-68)49(72-35)73-44-33(37)16-32-38(45(44)71-21-28(62)10-13-59)41(64)31-14-24(17-60)7-8-29(31)40(32)63/h1-2,5-9,13-16,26-28,35,37,39,42-43,46-47,49-50,52-54,56,58,60-62,65-66,68H,3-4,10-12,17-23,51H2,(H,55,67)/t26-,27-,28+,35-,37-,39-,42-,43+,46-,47-,49+,50+/m0/s1. The van der Waals surface area contributed by atoms with Gasteiger partial charge >= 0.3 is 0 Å². The zero-order valence-corrected chi connectivity index (χ0v) is 39.6. The summed E-state index contributed by atoms with van der Waals surface area (Å²) >= 11 is 0. The third-order valence-corrected chi connectivity index (χ3v) is 14.2. The van der Waals surface area contributed by atoms with Crippen LogP contribution >= 0.6 is 0 Å². The number of ketones is 2. The molecule has 5 heterocycles. The average Bonchev–Trinajstić information content (AvgIpc) is 3.82. The molecule has 5 aliphatic heterocycles. The van der Waals surface area contributed by atoms with Crippen LogP contribution in [0.5, 0.6) is 11.5 Å². The van der Waals surface area contributed by atoms with Gasteiger partial charge in [0.1, 0.15) is 61.6 Å².